The molecule has 0 aromatic rings. The predicted octanol–water partition coefficient (Wildman–Crippen LogP) is -0.350. The number of hydrogen-bond donors (Lipinski definition) is 2. The zero-order valence-electron chi connectivity index (χ0n) is 5.58. The van der Waals surface area contributed by atoms with Gasteiger partial charge in [-0.1, -0.05) is 0 Å². The van der Waals surface area contributed by atoms with Crippen molar-refractivity contribution in [1.29, 1.82) is 0 Å². The standard InChI is InChI=1S/C7H10O3/c8-4-5-1-6(9)3-7(10)2-5/h6-7,9-10H,1-3H2. The van der Waals surface area contributed by atoms with Gasteiger partial charge in [0.05, 0.1) is 12.2 Å². The highest BCUT2D eigenvalue weighted by atomic mass is 16.3. The van der Waals surface area contributed by atoms with E-state index in [0.29, 0.717) is 24.8 Å². The summed E-state index contributed by atoms with van der Waals surface area (Å²) in [5.41, 5.74) is 0.492. The summed E-state index contributed by atoms with van der Waals surface area (Å²) in [6, 6.07) is 0. The Bertz CT molecular complexity index is 158. The SMILES string of the molecule is O=C=C1CC(O)CC(O)C1. The Hall–Kier alpha value is -0.630. The molecule has 1 rings (SSSR count). The van der Waals surface area contributed by atoms with Gasteiger partial charge in [-0.2, -0.15) is 0 Å². The average Bonchev–Trinajstić information content (AvgIpc) is 1.85. The molecule has 0 heterocycles. The van der Waals surface area contributed by atoms with Crippen LogP contribution in [0.25, 0.3) is 0 Å². The van der Waals surface area contributed by atoms with E-state index in [9.17, 15) is 4.79 Å². The monoisotopic (exact) mass is 142 g/mol. The van der Waals surface area contributed by atoms with Gasteiger partial charge in [-0.3, -0.25) is 0 Å². The molecule has 10 heavy (non-hydrogen) atoms. The molecule has 3 nitrogen and oxygen atoms in total. The minimum Gasteiger partial charge on any atom is -0.393 e. The summed E-state index contributed by atoms with van der Waals surface area (Å²) in [5, 5.41) is 18.0. The second-order valence-corrected chi connectivity index (χ2v) is 2.66. The van der Waals surface area contributed by atoms with Crippen LogP contribution in [0, 0.1) is 0 Å². The van der Waals surface area contributed by atoms with Gasteiger partial charge in [-0.25, -0.2) is 4.79 Å². The van der Waals surface area contributed by atoms with Crippen molar-refractivity contribution in [2.45, 2.75) is 31.5 Å². The maximum atomic E-state index is 10.1. The highest BCUT2D eigenvalue weighted by molar-refractivity contribution is 5.53. The summed E-state index contributed by atoms with van der Waals surface area (Å²) in [5.74, 6) is 1.71. The number of rotatable bonds is 0. The Morgan fingerprint density at radius 2 is 1.80 bits per heavy atom. The Balaban J connectivity index is 2.59. The van der Waals surface area contributed by atoms with Crippen LogP contribution in [-0.4, -0.2) is 28.4 Å². The summed E-state index contributed by atoms with van der Waals surface area (Å²) >= 11 is 0. The molecule has 0 spiro atoms. The Kier molecular flexibility index (Phi) is 2.22. The number of aliphatic hydroxyl groups is 2. The lowest BCUT2D eigenvalue weighted by atomic mass is 9.91. The van der Waals surface area contributed by atoms with E-state index in [2.05, 4.69) is 0 Å². The molecule has 2 unspecified atom stereocenters. The van der Waals surface area contributed by atoms with Crippen molar-refractivity contribution in [3.63, 3.8) is 0 Å². The lowest BCUT2D eigenvalue weighted by Crippen LogP contribution is -2.24. The molecule has 0 saturated heterocycles. The summed E-state index contributed by atoms with van der Waals surface area (Å²) < 4.78 is 0. The lowest BCUT2D eigenvalue weighted by molar-refractivity contribution is 0.0615. The first-order valence-corrected chi connectivity index (χ1v) is 3.31. The third kappa shape index (κ3) is 1.67. The summed E-state index contributed by atoms with van der Waals surface area (Å²) in [4.78, 5) is 10.1. The van der Waals surface area contributed by atoms with Crippen LogP contribution in [0.4, 0.5) is 0 Å². The molecule has 2 atom stereocenters. The van der Waals surface area contributed by atoms with Crippen molar-refractivity contribution in [1.82, 2.24) is 0 Å². The molecular weight excluding hydrogens is 132 g/mol. The van der Waals surface area contributed by atoms with Gasteiger partial charge in [0, 0.05) is 18.4 Å². The molecule has 0 aromatic carbocycles. The first-order chi connectivity index (χ1) is 4.72. The third-order valence-electron chi connectivity index (χ3n) is 1.65. The van der Waals surface area contributed by atoms with Gasteiger partial charge < -0.3 is 10.2 Å². The van der Waals surface area contributed by atoms with Gasteiger partial charge in [0.25, 0.3) is 0 Å². The first kappa shape index (κ1) is 7.48. The normalized spacial score (nSPS) is 33.6. The highest BCUT2D eigenvalue weighted by Gasteiger charge is 2.21. The van der Waals surface area contributed by atoms with Crippen molar-refractivity contribution in [2.24, 2.45) is 0 Å². The molecule has 0 aromatic heterocycles. The van der Waals surface area contributed by atoms with E-state index in [1.54, 1.807) is 5.94 Å². The van der Waals surface area contributed by atoms with Gasteiger partial charge >= 0.3 is 0 Å². The quantitative estimate of drug-likeness (QED) is 0.454. The zero-order chi connectivity index (χ0) is 7.56. The van der Waals surface area contributed by atoms with Crippen molar-refractivity contribution in [2.75, 3.05) is 0 Å². The average molecular weight is 142 g/mol. The van der Waals surface area contributed by atoms with Gasteiger partial charge in [0.2, 0.25) is 0 Å². The van der Waals surface area contributed by atoms with Crippen LogP contribution in [0.15, 0.2) is 5.57 Å². The van der Waals surface area contributed by atoms with Crippen LogP contribution >= 0.6 is 0 Å². The van der Waals surface area contributed by atoms with E-state index < -0.39 is 12.2 Å². The molecule has 1 aliphatic rings. The molecule has 0 amide bonds. The van der Waals surface area contributed by atoms with E-state index in [1.807, 2.05) is 0 Å². The number of aliphatic hydroxyl groups excluding tert-OH is 2. The predicted molar refractivity (Wildman–Crippen MR) is 35.1 cm³/mol. The van der Waals surface area contributed by atoms with E-state index >= 15 is 0 Å². The van der Waals surface area contributed by atoms with Crippen molar-refractivity contribution in [3.8, 4) is 0 Å². The largest absolute Gasteiger partial charge is 0.393 e. The summed E-state index contributed by atoms with van der Waals surface area (Å²) in [7, 11) is 0. The van der Waals surface area contributed by atoms with Gasteiger partial charge in [-0.05, 0) is 6.42 Å². The van der Waals surface area contributed by atoms with Crippen LogP contribution in [0.1, 0.15) is 19.3 Å². The van der Waals surface area contributed by atoms with Crippen LogP contribution in [0.5, 0.6) is 0 Å². The van der Waals surface area contributed by atoms with E-state index in [1.165, 1.54) is 0 Å². The molecule has 0 bridgehead atoms. The summed E-state index contributed by atoms with van der Waals surface area (Å²) in [6.07, 6.45) is 0.0205. The maximum absolute atomic E-state index is 10.1. The van der Waals surface area contributed by atoms with Gasteiger partial charge in [0.1, 0.15) is 5.94 Å². The Morgan fingerprint density at radius 1 is 1.30 bits per heavy atom. The van der Waals surface area contributed by atoms with Crippen LogP contribution < -0.4 is 0 Å². The number of carbonyl (C=O) groups excluding carboxylic acids is 1. The second kappa shape index (κ2) is 2.97. The van der Waals surface area contributed by atoms with E-state index in [-0.39, 0.29) is 0 Å². The molecule has 1 aliphatic carbocycles. The Morgan fingerprint density at radius 3 is 2.20 bits per heavy atom. The lowest BCUT2D eigenvalue weighted by Gasteiger charge is -2.21. The van der Waals surface area contributed by atoms with Gasteiger partial charge in [-0.15, -0.1) is 0 Å². The fourth-order valence-electron chi connectivity index (χ4n) is 1.22. The molecule has 3 heteroatoms. The fraction of sp³-hybridized carbons (Fsp3) is 0.714. The molecular formula is C7H10O3. The molecule has 2 N–H and O–H groups in total. The van der Waals surface area contributed by atoms with E-state index in [0.717, 1.165) is 0 Å². The first-order valence-electron chi connectivity index (χ1n) is 3.31. The second-order valence-electron chi connectivity index (χ2n) is 2.66. The maximum Gasteiger partial charge on any atom is 0.123 e. The molecule has 1 saturated carbocycles. The fourth-order valence-corrected chi connectivity index (χ4v) is 1.22. The highest BCUT2D eigenvalue weighted by Crippen LogP contribution is 2.21. The molecule has 0 aliphatic heterocycles. The van der Waals surface area contributed by atoms with Crippen molar-refractivity contribution >= 4 is 5.94 Å². The zero-order valence-corrected chi connectivity index (χ0v) is 5.58. The summed E-state index contributed by atoms with van der Waals surface area (Å²) in [6.45, 7) is 0. The van der Waals surface area contributed by atoms with Crippen molar-refractivity contribution < 1.29 is 15.0 Å². The molecule has 56 valence electrons. The smallest absolute Gasteiger partial charge is 0.123 e. The Labute approximate surface area is 59.0 Å². The van der Waals surface area contributed by atoms with Crippen molar-refractivity contribution in [3.05, 3.63) is 5.57 Å². The number of hydrogen-bond acceptors (Lipinski definition) is 3. The third-order valence-corrected chi connectivity index (χ3v) is 1.65. The van der Waals surface area contributed by atoms with Gasteiger partial charge in [0.15, 0.2) is 0 Å². The van der Waals surface area contributed by atoms with E-state index in [4.69, 9.17) is 10.2 Å². The molecule has 0 radical (unpaired) electrons. The van der Waals surface area contributed by atoms with Crippen LogP contribution in [0.3, 0.4) is 0 Å². The van der Waals surface area contributed by atoms with Crippen LogP contribution in [0.2, 0.25) is 0 Å². The minimum atomic E-state index is -0.555. The molecule has 1 fully saturated rings. The topological polar surface area (TPSA) is 57.5 Å². The van der Waals surface area contributed by atoms with Crippen LogP contribution in [-0.2, 0) is 4.79 Å². The minimum absolute atomic E-state index is 0.376.